The van der Waals surface area contributed by atoms with Crippen LogP contribution in [0.2, 0.25) is 0 Å². The molecule has 1 saturated heterocycles. The average molecular weight is 667 g/mol. The summed E-state index contributed by atoms with van der Waals surface area (Å²) in [5.41, 5.74) is 6.38. The molecule has 0 aromatic heterocycles. The van der Waals surface area contributed by atoms with Gasteiger partial charge in [-0.15, -0.1) is 0 Å². The first-order valence-corrected chi connectivity index (χ1v) is 16.7. The lowest BCUT2D eigenvalue weighted by molar-refractivity contribution is -0.276. The highest BCUT2D eigenvalue weighted by Gasteiger charge is 2.39. The van der Waals surface area contributed by atoms with Crippen molar-refractivity contribution in [2.45, 2.75) is 70.5 Å². The van der Waals surface area contributed by atoms with Gasteiger partial charge in [0.25, 0.3) is 0 Å². The van der Waals surface area contributed by atoms with Crippen LogP contribution in [-0.2, 0) is 32.2 Å². The number of carbonyl (C=O) groups is 2. The van der Waals surface area contributed by atoms with Crippen LogP contribution in [0.25, 0.3) is 11.1 Å². The van der Waals surface area contributed by atoms with E-state index in [0.717, 1.165) is 38.9 Å². The minimum Gasteiger partial charge on any atom is -0.481 e. The number of hydrogen-bond donors (Lipinski definition) is 4. The molecule has 1 aliphatic rings. The number of hydrogen-bond acceptors (Lipinski definition) is 7. The highest BCUT2D eigenvalue weighted by atomic mass is 16.7. The summed E-state index contributed by atoms with van der Waals surface area (Å²) in [4.78, 5) is 25.1. The number of amides is 1. The molecule has 0 bridgehead atoms. The molecule has 0 saturated carbocycles. The monoisotopic (exact) mass is 666 g/mol. The summed E-state index contributed by atoms with van der Waals surface area (Å²) < 4.78 is 13.4. The summed E-state index contributed by atoms with van der Waals surface area (Å²) in [5, 5.41) is 32.4. The number of carboxylic acids is 1. The number of aliphatic hydroxyl groups is 2. The first kappa shape index (κ1) is 35.9. The number of benzene rings is 4. The largest absolute Gasteiger partial charge is 0.481 e. The molecule has 6 atom stereocenters. The predicted octanol–water partition coefficient (Wildman–Crippen LogP) is 6.17. The minimum atomic E-state index is -1.00. The molecule has 9 nitrogen and oxygen atoms in total. The van der Waals surface area contributed by atoms with E-state index < -0.39 is 18.4 Å². The Labute approximate surface area is 288 Å². The fraction of sp³-hybridized carbons (Fsp3) is 0.350. The molecule has 1 aliphatic heterocycles. The maximum absolute atomic E-state index is 12.2. The summed E-state index contributed by atoms with van der Waals surface area (Å²) in [7, 11) is 2.00. The van der Waals surface area contributed by atoms with Gasteiger partial charge in [0.2, 0.25) is 5.91 Å². The maximum atomic E-state index is 12.2. The second-order valence-electron chi connectivity index (χ2n) is 12.8. The van der Waals surface area contributed by atoms with E-state index in [4.69, 9.17) is 14.6 Å². The van der Waals surface area contributed by atoms with Gasteiger partial charge in [-0.05, 0) is 47.4 Å². The van der Waals surface area contributed by atoms with E-state index >= 15 is 0 Å². The topological polar surface area (TPSA) is 129 Å². The molecule has 1 fully saturated rings. The van der Waals surface area contributed by atoms with E-state index in [-0.39, 0.29) is 56.1 Å². The summed E-state index contributed by atoms with van der Waals surface area (Å²) in [5.74, 6) is -1.33. The standard InChI is InChI=1S/C40H46N2O7/c1-26-35(24-42(3)27(2)38(47)30-9-5-4-6-10-30)48-40(49-39(26)31-15-13-28(25-43)14-16-31)32-19-17-29(18-20-32)34-12-8-7-11-33(34)23-41-36(44)21-22-37(45)46/h4-20,26-27,35,38-40,43,47H,21-25H2,1-3H3,(H,41,44)(H,45,46)/t26-,27+,35+,38+,39+,40+/m0/s1. The fourth-order valence-corrected chi connectivity index (χ4v) is 6.23. The quantitative estimate of drug-likeness (QED) is 0.126. The summed E-state index contributed by atoms with van der Waals surface area (Å²) in [6, 6.07) is 33.1. The van der Waals surface area contributed by atoms with Gasteiger partial charge in [-0.3, -0.25) is 14.5 Å². The van der Waals surface area contributed by atoms with Crippen molar-refractivity contribution in [2.24, 2.45) is 5.92 Å². The van der Waals surface area contributed by atoms with Crippen LogP contribution in [0, 0.1) is 5.92 Å². The maximum Gasteiger partial charge on any atom is 0.303 e. The Morgan fingerprint density at radius 1 is 0.857 bits per heavy atom. The van der Waals surface area contributed by atoms with Crippen LogP contribution in [0.15, 0.2) is 103 Å². The number of carboxylic acid groups (broad SMARTS) is 1. The lowest BCUT2D eigenvalue weighted by Gasteiger charge is -2.43. The number of rotatable bonds is 14. The Morgan fingerprint density at radius 3 is 2.18 bits per heavy atom. The first-order valence-electron chi connectivity index (χ1n) is 16.7. The molecular formula is C40H46N2O7. The molecule has 1 heterocycles. The van der Waals surface area contributed by atoms with E-state index in [1.807, 2.05) is 117 Å². The van der Waals surface area contributed by atoms with Gasteiger partial charge in [-0.25, -0.2) is 0 Å². The minimum absolute atomic E-state index is 0.0170. The van der Waals surface area contributed by atoms with Crippen LogP contribution >= 0.6 is 0 Å². The van der Waals surface area contributed by atoms with Crippen molar-refractivity contribution in [3.63, 3.8) is 0 Å². The molecule has 0 unspecified atom stereocenters. The molecule has 0 spiro atoms. The molecular weight excluding hydrogens is 620 g/mol. The Bertz CT molecular complexity index is 1660. The normalized spacial score (nSPS) is 20.4. The lowest BCUT2D eigenvalue weighted by Crippen LogP contribution is -2.46. The Hall–Kier alpha value is -4.38. The van der Waals surface area contributed by atoms with Crippen LogP contribution in [0.1, 0.15) is 73.0 Å². The van der Waals surface area contributed by atoms with E-state index in [1.165, 1.54) is 0 Å². The first-order chi connectivity index (χ1) is 23.6. The fourth-order valence-electron chi connectivity index (χ4n) is 6.23. The number of carbonyl (C=O) groups excluding carboxylic acids is 1. The van der Waals surface area contributed by atoms with Crippen molar-refractivity contribution in [3.8, 4) is 11.1 Å². The number of likely N-dealkylation sites (N-methyl/N-ethyl adjacent to an activating group) is 1. The zero-order valence-corrected chi connectivity index (χ0v) is 28.2. The summed E-state index contributed by atoms with van der Waals surface area (Å²) in [6.45, 7) is 4.96. The van der Waals surface area contributed by atoms with Gasteiger partial charge in [-0.2, -0.15) is 0 Å². The van der Waals surface area contributed by atoms with Gasteiger partial charge >= 0.3 is 5.97 Å². The predicted molar refractivity (Wildman–Crippen MR) is 187 cm³/mol. The van der Waals surface area contributed by atoms with E-state index in [1.54, 1.807) is 0 Å². The van der Waals surface area contributed by atoms with Gasteiger partial charge in [0.05, 0.1) is 31.3 Å². The summed E-state index contributed by atoms with van der Waals surface area (Å²) >= 11 is 0. The third kappa shape index (κ3) is 9.20. The van der Waals surface area contributed by atoms with E-state index in [9.17, 15) is 19.8 Å². The van der Waals surface area contributed by atoms with Crippen molar-refractivity contribution < 1.29 is 34.4 Å². The second kappa shape index (κ2) is 16.8. The van der Waals surface area contributed by atoms with Crippen molar-refractivity contribution in [2.75, 3.05) is 13.6 Å². The molecule has 1 amide bonds. The molecule has 9 heteroatoms. The Kier molecular flexibility index (Phi) is 12.3. The van der Waals surface area contributed by atoms with Gasteiger partial charge in [0.1, 0.15) is 0 Å². The number of nitrogens with one attached hydrogen (secondary N) is 1. The Morgan fingerprint density at radius 2 is 1.51 bits per heavy atom. The number of nitrogens with zero attached hydrogens (tertiary/aromatic N) is 1. The third-order valence-corrected chi connectivity index (χ3v) is 9.44. The average Bonchev–Trinajstić information content (AvgIpc) is 3.13. The molecule has 0 radical (unpaired) electrons. The lowest BCUT2D eigenvalue weighted by atomic mass is 9.89. The van der Waals surface area contributed by atoms with Crippen molar-refractivity contribution in [1.82, 2.24) is 10.2 Å². The van der Waals surface area contributed by atoms with Crippen molar-refractivity contribution >= 4 is 11.9 Å². The van der Waals surface area contributed by atoms with E-state index in [2.05, 4.69) is 17.1 Å². The van der Waals surface area contributed by atoms with Gasteiger partial charge in [0.15, 0.2) is 6.29 Å². The number of aliphatic hydroxyl groups excluding tert-OH is 2. The summed E-state index contributed by atoms with van der Waals surface area (Å²) in [6.07, 6.45) is -2.08. The van der Waals surface area contributed by atoms with Crippen molar-refractivity contribution in [1.29, 1.82) is 0 Å². The molecule has 0 aliphatic carbocycles. The smallest absolute Gasteiger partial charge is 0.303 e. The second-order valence-corrected chi connectivity index (χ2v) is 12.8. The van der Waals surface area contributed by atoms with Crippen LogP contribution in [-0.4, -0.2) is 57.8 Å². The van der Waals surface area contributed by atoms with Crippen molar-refractivity contribution in [3.05, 3.63) is 131 Å². The van der Waals surface area contributed by atoms with Crippen LogP contribution in [0.5, 0.6) is 0 Å². The van der Waals surface area contributed by atoms with Crippen LogP contribution < -0.4 is 5.32 Å². The zero-order chi connectivity index (χ0) is 34.9. The Balaban J connectivity index is 1.35. The molecule has 4 N–H and O–H groups in total. The number of ether oxygens (including phenoxy) is 2. The molecule has 49 heavy (non-hydrogen) atoms. The SMILES string of the molecule is C[C@H]1[C@@H](CN(C)[C@H](C)[C@@H](O)c2ccccc2)O[C@@H](c2ccc(-c3ccccc3CNC(=O)CCC(=O)O)cc2)O[C@H]1c1ccc(CO)cc1. The zero-order valence-electron chi connectivity index (χ0n) is 28.2. The molecule has 4 aromatic carbocycles. The third-order valence-electron chi connectivity index (χ3n) is 9.44. The highest BCUT2D eigenvalue weighted by molar-refractivity contribution is 5.80. The molecule has 4 aromatic rings. The van der Waals surface area contributed by atoms with Gasteiger partial charge in [0, 0.05) is 37.0 Å². The van der Waals surface area contributed by atoms with E-state index in [0.29, 0.717) is 6.54 Å². The molecule has 5 rings (SSSR count). The van der Waals surface area contributed by atoms with Gasteiger partial charge in [-0.1, -0.05) is 110 Å². The number of aliphatic carboxylic acids is 1. The van der Waals surface area contributed by atoms with Crippen LogP contribution in [0.3, 0.4) is 0 Å². The highest BCUT2D eigenvalue weighted by Crippen LogP contribution is 2.42. The van der Waals surface area contributed by atoms with Gasteiger partial charge < -0.3 is 30.1 Å². The van der Waals surface area contributed by atoms with Crippen LogP contribution in [0.4, 0.5) is 0 Å². The molecule has 258 valence electrons.